The number of aliphatic hydroxyl groups is 1. The normalized spacial score (nSPS) is 29.2. The van der Waals surface area contributed by atoms with Crippen LogP contribution in [0.25, 0.3) is 0 Å². The second kappa shape index (κ2) is 12.3. The second-order valence-corrected chi connectivity index (χ2v) is 11.9. The minimum absolute atomic E-state index is 0.0244. The van der Waals surface area contributed by atoms with Crippen LogP contribution in [0.15, 0.2) is 12.1 Å². The molecule has 11 heteroatoms. The summed E-state index contributed by atoms with van der Waals surface area (Å²) in [5.74, 6) is -3.01. The standard InChI is InChI=1S/C29H41FN2O8/c1-28(7-4-8-28)15-31-25(34)19-11-18(38-2)12-22(19)32-26(35)20-13-24(21(30)14-23(20)39-3)40-17-5-9-29(16-33,10-6-17)27(36)37/h13-14,17-19,22,33H,4-12,15-16H2,1-3H3,(H,31,34)(H,32,35)(H,36,37)/t17?,18-,19-,22+,29?/m1/s1. The van der Waals surface area contributed by atoms with E-state index < -0.39 is 47.8 Å². The zero-order chi connectivity index (χ0) is 29.1. The Morgan fingerprint density at radius 2 is 1.75 bits per heavy atom. The van der Waals surface area contributed by atoms with Gasteiger partial charge in [-0.2, -0.15) is 0 Å². The Morgan fingerprint density at radius 1 is 1.05 bits per heavy atom. The molecule has 0 bridgehead atoms. The molecular formula is C29H41FN2O8. The van der Waals surface area contributed by atoms with Gasteiger partial charge in [0, 0.05) is 25.8 Å². The molecule has 3 atom stereocenters. The minimum Gasteiger partial charge on any atom is -0.496 e. The molecule has 3 aliphatic carbocycles. The van der Waals surface area contributed by atoms with Gasteiger partial charge in [0.2, 0.25) is 5.91 Å². The maximum Gasteiger partial charge on any atom is 0.311 e. The molecule has 3 saturated carbocycles. The van der Waals surface area contributed by atoms with Crippen molar-refractivity contribution in [2.75, 3.05) is 27.4 Å². The number of aliphatic hydroxyl groups excluding tert-OH is 1. The van der Waals surface area contributed by atoms with Crippen LogP contribution in [0.2, 0.25) is 0 Å². The monoisotopic (exact) mass is 564 g/mol. The van der Waals surface area contributed by atoms with E-state index in [1.54, 1.807) is 7.11 Å². The molecule has 3 aliphatic rings. The predicted octanol–water partition coefficient (Wildman–Crippen LogP) is 3.05. The van der Waals surface area contributed by atoms with Crippen LogP contribution in [-0.4, -0.2) is 73.6 Å². The first-order chi connectivity index (χ1) is 19.0. The van der Waals surface area contributed by atoms with Crippen molar-refractivity contribution >= 4 is 17.8 Å². The number of benzene rings is 1. The average molecular weight is 565 g/mol. The summed E-state index contributed by atoms with van der Waals surface area (Å²) in [6.45, 7) is 2.28. The lowest BCUT2D eigenvalue weighted by atomic mass is 9.70. The Balaban J connectivity index is 1.45. The van der Waals surface area contributed by atoms with E-state index in [0.717, 1.165) is 25.3 Å². The first-order valence-electron chi connectivity index (χ1n) is 14.0. The maximum absolute atomic E-state index is 14.9. The molecule has 3 fully saturated rings. The van der Waals surface area contributed by atoms with Gasteiger partial charge in [-0.3, -0.25) is 14.4 Å². The van der Waals surface area contributed by atoms with Crippen LogP contribution in [0.1, 0.15) is 75.1 Å². The van der Waals surface area contributed by atoms with E-state index in [1.807, 2.05) is 0 Å². The molecule has 222 valence electrons. The van der Waals surface area contributed by atoms with E-state index >= 15 is 0 Å². The Hall–Kier alpha value is -2.92. The summed E-state index contributed by atoms with van der Waals surface area (Å²) in [5.41, 5.74) is -1.04. The molecule has 0 unspecified atom stereocenters. The molecule has 0 saturated heterocycles. The van der Waals surface area contributed by atoms with Crippen molar-refractivity contribution in [3.8, 4) is 11.5 Å². The molecule has 0 aromatic heterocycles. The molecule has 4 rings (SSSR count). The Morgan fingerprint density at radius 3 is 2.30 bits per heavy atom. The molecule has 0 radical (unpaired) electrons. The minimum atomic E-state index is -1.22. The predicted molar refractivity (Wildman–Crippen MR) is 143 cm³/mol. The Kier molecular flexibility index (Phi) is 9.24. The van der Waals surface area contributed by atoms with Crippen molar-refractivity contribution in [2.24, 2.45) is 16.7 Å². The van der Waals surface area contributed by atoms with Gasteiger partial charge in [-0.25, -0.2) is 4.39 Å². The molecule has 1 aromatic carbocycles. The van der Waals surface area contributed by atoms with Gasteiger partial charge in [0.05, 0.1) is 42.8 Å². The highest BCUT2D eigenvalue weighted by atomic mass is 19.1. The molecule has 0 aliphatic heterocycles. The number of carboxylic acids is 1. The highest BCUT2D eigenvalue weighted by Crippen LogP contribution is 2.40. The number of amides is 2. The number of rotatable bonds is 11. The van der Waals surface area contributed by atoms with Gasteiger partial charge in [-0.05, 0) is 62.8 Å². The van der Waals surface area contributed by atoms with E-state index in [0.29, 0.717) is 32.2 Å². The molecule has 10 nitrogen and oxygen atoms in total. The van der Waals surface area contributed by atoms with Gasteiger partial charge >= 0.3 is 5.97 Å². The van der Waals surface area contributed by atoms with Gasteiger partial charge in [-0.1, -0.05) is 13.3 Å². The zero-order valence-corrected chi connectivity index (χ0v) is 23.5. The first-order valence-corrected chi connectivity index (χ1v) is 14.0. The largest absolute Gasteiger partial charge is 0.496 e. The fourth-order valence-corrected chi connectivity index (χ4v) is 6.12. The van der Waals surface area contributed by atoms with Gasteiger partial charge in [0.15, 0.2) is 11.6 Å². The van der Waals surface area contributed by atoms with Crippen molar-refractivity contribution in [3.63, 3.8) is 0 Å². The number of hydrogen-bond donors (Lipinski definition) is 4. The van der Waals surface area contributed by atoms with Gasteiger partial charge in [0.25, 0.3) is 5.91 Å². The third kappa shape index (κ3) is 6.35. The fourth-order valence-electron chi connectivity index (χ4n) is 6.12. The summed E-state index contributed by atoms with van der Waals surface area (Å²) in [4.78, 5) is 38.2. The molecule has 2 amide bonds. The van der Waals surface area contributed by atoms with Crippen LogP contribution >= 0.6 is 0 Å². The summed E-state index contributed by atoms with van der Waals surface area (Å²) in [6, 6.07) is 1.88. The first kappa shape index (κ1) is 30.0. The quantitative estimate of drug-likeness (QED) is 0.321. The van der Waals surface area contributed by atoms with Crippen molar-refractivity contribution in [3.05, 3.63) is 23.5 Å². The summed E-state index contributed by atoms with van der Waals surface area (Å²) >= 11 is 0. The number of aliphatic carboxylic acids is 1. The molecule has 40 heavy (non-hydrogen) atoms. The third-order valence-corrected chi connectivity index (χ3v) is 9.19. The highest BCUT2D eigenvalue weighted by molar-refractivity contribution is 5.98. The topological polar surface area (TPSA) is 143 Å². The molecule has 4 N–H and O–H groups in total. The number of hydrogen-bond acceptors (Lipinski definition) is 7. The number of carboxylic acid groups (broad SMARTS) is 1. The molecule has 1 aromatic rings. The molecule has 0 spiro atoms. The highest BCUT2D eigenvalue weighted by Gasteiger charge is 2.43. The maximum atomic E-state index is 14.9. The van der Waals surface area contributed by atoms with E-state index in [2.05, 4.69) is 17.6 Å². The van der Waals surface area contributed by atoms with Crippen molar-refractivity contribution in [2.45, 2.75) is 83.0 Å². The van der Waals surface area contributed by atoms with Crippen molar-refractivity contribution in [1.29, 1.82) is 0 Å². The van der Waals surface area contributed by atoms with Crippen LogP contribution in [0.3, 0.4) is 0 Å². The average Bonchev–Trinajstić information content (AvgIpc) is 3.34. The zero-order valence-electron chi connectivity index (χ0n) is 23.5. The number of methoxy groups -OCH3 is 2. The number of halogens is 1. The summed E-state index contributed by atoms with van der Waals surface area (Å²) < 4.78 is 31.6. The Labute approximate surface area is 233 Å². The lowest BCUT2D eigenvalue weighted by Crippen LogP contribution is -2.47. The molecule has 0 heterocycles. The van der Waals surface area contributed by atoms with E-state index in [1.165, 1.54) is 13.2 Å². The van der Waals surface area contributed by atoms with Crippen LogP contribution in [-0.2, 0) is 14.3 Å². The van der Waals surface area contributed by atoms with Gasteiger partial charge in [-0.15, -0.1) is 0 Å². The molecular weight excluding hydrogens is 523 g/mol. The summed E-state index contributed by atoms with van der Waals surface area (Å²) in [7, 11) is 2.92. The number of carbonyl (C=O) groups is 3. The van der Waals surface area contributed by atoms with Crippen LogP contribution in [0.5, 0.6) is 11.5 Å². The number of ether oxygens (including phenoxy) is 3. The van der Waals surface area contributed by atoms with Crippen LogP contribution in [0.4, 0.5) is 4.39 Å². The lowest BCUT2D eigenvalue weighted by molar-refractivity contribution is -0.155. The SMILES string of the molecule is COc1cc(F)c(OC2CCC(CO)(C(=O)O)CC2)cc1C(=O)N[C@H]1C[C@H](OC)C[C@H]1C(=O)NCC1(C)CCC1. The summed E-state index contributed by atoms with van der Waals surface area (Å²) in [6.07, 6.45) is 4.63. The van der Waals surface area contributed by atoms with Crippen LogP contribution < -0.4 is 20.1 Å². The smallest absolute Gasteiger partial charge is 0.311 e. The van der Waals surface area contributed by atoms with E-state index in [-0.39, 0.29) is 47.3 Å². The fraction of sp³-hybridized carbons (Fsp3) is 0.690. The van der Waals surface area contributed by atoms with Crippen molar-refractivity contribution in [1.82, 2.24) is 10.6 Å². The van der Waals surface area contributed by atoms with Gasteiger partial charge in [0.1, 0.15) is 5.75 Å². The van der Waals surface area contributed by atoms with Crippen molar-refractivity contribution < 1.29 is 43.2 Å². The number of nitrogens with one attached hydrogen (secondary N) is 2. The van der Waals surface area contributed by atoms with E-state index in [9.17, 15) is 29.0 Å². The van der Waals surface area contributed by atoms with Crippen LogP contribution in [0, 0.1) is 22.6 Å². The second-order valence-electron chi connectivity index (χ2n) is 11.9. The van der Waals surface area contributed by atoms with Gasteiger partial charge < -0.3 is 35.1 Å². The number of carbonyl (C=O) groups excluding carboxylic acids is 2. The Bertz CT molecular complexity index is 1100. The lowest BCUT2D eigenvalue weighted by Gasteiger charge is -2.38. The third-order valence-electron chi connectivity index (χ3n) is 9.19. The summed E-state index contributed by atoms with van der Waals surface area (Å²) in [5, 5.41) is 25.1. The van der Waals surface area contributed by atoms with E-state index in [4.69, 9.17) is 14.2 Å².